The van der Waals surface area contributed by atoms with Crippen molar-refractivity contribution in [1.29, 1.82) is 0 Å². The fraction of sp³-hybridized carbons (Fsp3) is 0.214. The minimum absolute atomic E-state index is 0.0725. The van der Waals surface area contributed by atoms with Gasteiger partial charge in [-0.2, -0.15) is 8.78 Å². The van der Waals surface area contributed by atoms with Crippen LogP contribution in [0.4, 0.5) is 14.5 Å². The molecule has 1 aromatic heterocycles. The second kappa shape index (κ2) is 6.65. The Labute approximate surface area is 124 Å². The number of pyridine rings is 1. The summed E-state index contributed by atoms with van der Waals surface area (Å²) >= 11 is 3.35. The monoisotopic (exact) mass is 342 g/mol. The summed E-state index contributed by atoms with van der Waals surface area (Å²) in [6, 6.07) is 10.3. The van der Waals surface area contributed by atoms with Gasteiger partial charge < -0.3 is 10.1 Å². The van der Waals surface area contributed by atoms with Crippen molar-refractivity contribution in [3.05, 3.63) is 52.8 Å². The van der Waals surface area contributed by atoms with E-state index in [1.54, 1.807) is 18.3 Å². The molecule has 0 fully saturated rings. The van der Waals surface area contributed by atoms with E-state index in [9.17, 15) is 8.78 Å². The van der Waals surface area contributed by atoms with Gasteiger partial charge in [0.1, 0.15) is 10.4 Å². The lowest BCUT2D eigenvalue weighted by molar-refractivity contribution is -0.0498. The van der Waals surface area contributed by atoms with Gasteiger partial charge in [0.15, 0.2) is 0 Å². The zero-order chi connectivity index (χ0) is 14.5. The summed E-state index contributed by atoms with van der Waals surface area (Å²) in [6.45, 7) is -0.887. The Morgan fingerprint density at radius 1 is 1.25 bits per heavy atom. The van der Waals surface area contributed by atoms with E-state index in [4.69, 9.17) is 0 Å². The number of halogens is 3. The van der Waals surface area contributed by atoms with Gasteiger partial charge in [0.2, 0.25) is 0 Å². The number of hydrogen-bond acceptors (Lipinski definition) is 3. The van der Waals surface area contributed by atoms with E-state index >= 15 is 0 Å². The predicted octanol–water partition coefficient (Wildman–Crippen LogP) is 4.62. The van der Waals surface area contributed by atoms with Gasteiger partial charge in [-0.05, 0) is 52.7 Å². The standard InChI is InChI=1S/C14H13BrF2N2O/c1-9(19-12-6-3-7-18-13(12)15)10-4-2-5-11(8-10)20-14(16)17/h2-9,14,19H,1H3. The normalized spacial score (nSPS) is 12.2. The minimum atomic E-state index is -2.82. The molecular weight excluding hydrogens is 330 g/mol. The molecule has 0 saturated heterocycles. The lowest BCUT2D eigenvalue weighted by Crippen LogP contribution is -2.08. The zero-order valence-corrected chi connectivity index (χ0v) is 12.3. The molecule has 2 rings (SSSR count). The zero-order valence-electron chi connectivity index (χ0n) is 10.7. The molecule has 20 heavy (non-hydrogen) atoms. The third kappa shape index (κ3) is 3.90. The van der Waals surface area contributed by atoms with Crippen LogP contribution in [0.5, 0.6) is 5.75 Å². The first-order valence-corrected chi connectivity index (χ1v) is 6.77. The highest BCUT2D eigenvalue weighted by Gasteiger charge is 2.10. The van der Waals surface area contributed by atoms with Gasteiger partial charge in [-0.25, -0.2) is 4.98 Å². The molecule has 0 radical (unpaired) electrons. The Hall–Kier alpha value is -1.69. The molecule has 0 saturated carbocycles. The maximum Gasteiger partial charge on any atom is 0.387 e. The third-order valence-electron chi connectivity index (χ3n) is 2.71. The minimum Gasteiger partial charge on any atom is -0.435 e. The van der Waals surface area contributed by atoms with Gasteiger partial charge in [-0.15, -0.1) is 0 Å². The van der Waals surface area contributed by atoms with Crippen LogP contribution < -0.4 is 10.1 Å². The maximum atomic E-state index is 12.2. The number of alkyl halides is 2. The highest BCUT2D eigenvalue weighted by atomic mass is 79.9. The highest BCUT2D eigenvalue weighted by molar-refractivity contribution is 9.10. The predicted molar refractivity (Wildman–Crippen MR) is 77.0 cm³/mol. The van der Waals surface area contributed by atoms with Gasteiger partial charge in [-0.3, -0.25) is 0 Å². The molecule has 1 atom stereocenters. The summed E-state index contributed by atoms with van der Waals surface area (Å²) in [5.74, 6) is 0.149. The van der Waals surface area contributed by atoms with Crippen LogP contribution in [0.25, 0.3) is 0 Å². The molecule has 2 aromatic rings. The van der Waals surface area contributed by atoms with E-state index < -0.39 is 6.61 Å². The molecule has 3 nitrogen and oxygen atoms in total. The fourth-order valence-electron chi connectivity index (χ4n) is 1.77. The van der Waals surface area contributed by atoms with Gasteiger partial charge in [-0.1, -0.05) is 12.1 Å². The van der Waals surface area contributed by atoms with Crippen molar-refractivity contribution in [1.82, 2.24) is 4.98 Å². The van der Waals surface area contributed by atoms with E-state index in [0.717, 1.165) is 11.3 Å². The number of aromatic nitrogens is 1. The second-order valence-electron chi connectivity index (χ2n) is 4.16. The summed E-state index contributed by atoms with van der Waals surface area (Å²) in [5.41, 5.74) is 1.68. The number of benzene rings is 1. The van der Waals surface area contributed by atoms with Gasteiger partial charge >= 0.3 is 6.61 Å². The number of nitrogens with zero attached hydrogens (tertiary/aromatic N) is 1. The molecule has 106 valence electrons. The molecule has 1 heterocycles. The molecule has 0 aliphatic rings. The third-order valence-corrected chi connectivity index (χ3v) is 3.35. The van der Waals surface area contributed by atoms with Crippen molar-refractivity contribution in [3.8, 4) is 5.75 Å². The van der Waals surface area contributed by atoms with E-state index in [0.29, 0.717) is 4.60 Å². The van der Waals surface area contributed by atoms with Crippen LogP contribution in [-0.2, 0) is 0 Å². The Morgan fingerprint density at radius 2 is 2.05 bits per heavy atom. The Kier molecular flexibility index (Phi) is 4.89. The molecule has 0 amide bonds. The number of rotatable bonds is 5. The Balaban J connectivity index is 2.13. The van der Waals surface area contributed by atoms with Gasteiger partial charge in [0.05, 0.1) is 5.69 Å². The molecule has 0 aliphatic heterocycles. The Bertz CT molecular complexity index is 581. The lowest BCUT2D eigenvalue weighted by Gasteiger charge is -2.17. The largest absolute Gasteiger partial charge is 0.435 e. The fourth-order valence-corrected chi connectivity index (χ4v) is 2.14. The van der Waals surface area contributed by atoms with Crippen LogP contribution in [-0.4, -0.2) is 11.6 Å². The van der Waals surface area contributed by atoms with E-state index in [2.05, 4.69) is 31.0 Å². The molecular formula is C14H13BrF2N2O. The average molecular weight is 343 g/mol. The van der Waals surface area contributed by atoms with Gasteiger partial charge in [0, 0.05) is 12.2 Å². The molecule has 0 spiro atoms. The first-order chi connectivity index (χ1) is 9.56. The summed E-state index contributed by atoms with van der Waals surface area (Å²) < 4.78 is 29.5. The molecule has 0 aliphatic carbocycles. The SMILES string of the molecule is CC(Nc1cccnc1Br)c1cccc(OC(F)F)c1. The quantitative estimate of drug-likeness (QED) is 0.805. The summed E-state index contributed by atoms with van der Waals surface area (Å²) in [4.78, 5) is 4.11. The first kappa shape index (κ1) is 14.7. The maximum absolute atomic E-state index is 12.2. The molecule has 0 bridgehead atoms. The number of hydrogen-bond donors (Lipinski definition) is 1. The number of nitrogens with one attached hydrogen (secondary N) is 1. The van der Waals surface area contributed by atoms with Crippen molar-refractivity contribution >= 4 is 21.6 Å². The van der Waals surface area contributed by atoms with Gasteiger partial charge in [0.25, 0.3) is 0 Å². The molecule has 1 N–H and O–H groups in total. The van der Waals surface area contributed by atoms with E-state index in [-0.39, 0.29) is 11.8 Å². The smallest absolute Gasteiger partial charge is 0.387 e. The van der Waals surface area contributed by atoms with Crippen molar-refractivity contribution in [3.63, 3.8) is 0 Å². The molecule has 1 unspecified atom stereocenters. The second-order valence-corrected chi connectivity index (χ2v) is 4.91. The van der Waals surface area contributed by atoms with Crippen molar-refractivity contribution in [2.75, 3.05) is 5.32 Å². The van der Waals surface area contributed by atoms with Crippen LogP contribution in [0.1, 0.15) is 18.5 Å². The van der Waals surface area contributed by atoms with E-state index in [1.165, 1.54) is 6.07 Å². The number of ether oxygens (including phenoxy) is 1. The van der Waals surface area contributed by atoms with Crippen molar-refractivity contribution < 1.29 is 13.5 Å². The molecule has 1 aromatic carbocycles. The van der Waals surface area contributed by atoms with Crippen LogP contribution >= 0.6 is 15.9 Å². The van der Waals surface area contributed by atoms with Crippen LogP contribution in [0.15, 0.2) is 47.2 Å². The van der Waals surface area contributed by atoms with Crippen LogP contribution in [0.3, 0.4) is 0 Å². The number of anilines is 1. The lowest BCUT2D eigenvalue weighted by atomic mass is 10.1. The topological polar surface area (TPSA) is 34.2 Å². The summed E-state index contributed by atoms with van der Waals surface area (Å²) in [6.07, 6.45) is 1.68. The van der Waals surface area contributed by atoms with E-state index in [1.807, 2.05) is 25.1 Å². The van der Waals surface area contributed by atoms with Crippen molar-refractivity contribution in [2.45, 2.75) is 19.6 Å². The molecule has 6 heteroatoms. The van der Waals surface area contributed by atoms with Crippen molar-refractivity contribution in [2.24, 2.45) is 0 Å². The Morgan fingerprint density at radius 3 is 2.75 bits per heavy atom. The van der Waals surface area contributed by atoms with Crippen LogP contribution in [0.2, 0.25) is 0 Å². The highest BCUT2D eigenvalue weighted by Crippen LogP contribution is 2.26. The average Bonchev–Trinajstić information content (AvgIpc) is 2.41. The first-order valence-electron chi connectivity index (χ1n) is 5.98. The summed E-state index contributed by atoms with van der Waals surface area (Å²) in [7, 11) is 0. The van der Waals surface area contributed by atoms with Crippen LogP contribution in [0, 0.1) is 0 Å². The summed E-state index contributed by atoms with van der Waals surface area (Å²) in [5, 5.41) is 3.25.